The lowest BCUT2D eigenvalue weighted by Crippen LogP contribution is -2.15. The Hall–Kier alpha value is -2.95. The first-order valence-corrected chi connectivity index (χ1v) is 10.1. The van der Waals surface area contributed by atoms with Gasteiger partial charge in [-0.2, -0.15) is 0 Å². The zero-order valence-corrected chi connectivity index (χ0v) is 17.7. The zero-order chi connectivity index (χ0) is 21.1. The highest BCUT2D eigenvalue weighted by Crippen LogP contribution is 2.35. The van der Waals surface area contributed by atoms with E-state index in [-0.39, 0.29) is 30.2 Å². The second-order valence-electron chi connectivity index (χ2n) is 6.72. The standard InChI is InChI=1S/C24H18Cl2O4/c1-15-6-9-17(10-7-15)28-12-13-29-24-22(27)19-14-16(25)8-11-21(19)30-23(24)18-4-2-3-5-20(18)26/h2-11,14H,12-13H2,1H3. The third-order valence-electron chi connectivity index (χ3n) is 4.55. The molecule has 6 heteroatoms. The van der Waals surface area contributed by atoms with Gasteiger partial charge < -0.3 is 13.9 Å². The molecule has 0 radical (unpaired) electrons. The van der Waals surface area contributed by atoms with Crippen LogP contribution in [0.2, 0.25) is 10.0 Å². The van der Waals surface area contributed by atoms with Crippen molar-refractivity contribution < 1.29 is 13.9 Å². The molecule has 0 spiro atoms. The fraction of sp³-hybridized carbons (Fsp3) is 0.125. The summed E-state index contributed by atoms with van der Waals surface area (Å²) in [6.07, 6.45) is 0. The predicted octanol–water partition coefficient (Wildman–Crippen LogP) is 6.53. The fourth-order valence-corrected chi connectivity index (χ4v) is 3.44. The molecule has 0 aliphatic heterocycles. The van der Waals surface area contributed by atoms with E-state index in [9.17, 15) is 4.79 Å². The summed E-state index contributed by atoms with van der Waals surface area (Å²) in [5.41, 5.74) is 1.81. The lowest BCUT2D eigenvalue weighted by Gasteiger charge is -2.13. The Morgan fingerprint density at radius 3 is 2.40 bits per heavy atom. The van der Waals surface area contributed by atoms with Crippen molar-refractivity contribution in [1.29, 1.82) is 0 Å². The SMILES string of the molecule is Cc1ccc(OCCOc2c(-c3ccccc3Cl)oc3ccc(Cl)cc3c2=O)cc1. The highest BCUT2D eigenvalue weighted by atomic mass is 35.5. The van der Waals surface area contributed by atoms with Crippen molar-refractivity contribution in [2.45, 2.75) is 6.92 Å². The largest absolute Gasteiger partial charge is 0.490 e. The quantitative estimate of drug-likeness (QED) is 0.319. The number of halogens is 2. The molecule has 30 heavy (non-hydrogen) atoms. The van der Waals surface area contributed by atoms with E-state index in [0.29, 0.717) is 26.6 Å². The maximum Gasteiger partial charge on any atom is 0.235 e. The Labute approximate surface area is 183 Å². The highest BCUT2D eigenvalue weighted by molar-refractivity contribution is 6.33. The van der Waals surface area contributed by atoms with Crippen LogP contribution in [0.1, 0.15) is 5.56 Å². The molecule has 0 N–H and O–H groups in total. The van der Waals surface area contributed by atoms with Crippen LogP contribution < -0.4 is 14.9 Å². The minimum absolute atomic E-state index is 0.0744. The van der Waals surface area contributed by atoms with Crippen LogP contribution >= 0.6 is 23.2 Å². The van der Waals surface area contributed by atoms with Crippen molar-refractivity contribution in [2.24, 2.45) is 0 Å². The van der Waals surface area contributed by atoms with Crippen LogP contribution in [-0.4, -0.2) is 13.2 Å². The lowest BCUT2D eigenvalue weighted by atomic mass is 10.1. The summed E-state index contributed by atoms with van der Waals surface area (Å²) >= 11 is 12.4. The van der Waals surface area contributed by atoms with Gasteiger partial charge in [0, 0.05) is 10.6 Å². The van der Waals surface area contributed by atoms with Gasteiger partial charge in [-0.05, 0) is 49.4 Å². The molecule has 4 nitrogen and oxygen atoms in total. The molecule has 152 valence electrons. The zero-order valence-electron chi connectivity index (χ0n) is 16.2. The van der Waals surface area contributed by atoms with Crippen LogP contribution in [0.4, 0.5) is 0 Å². The predicted molar refractivity (Wildman–Crippen MR) is 120 cm³/mol. The van der Waals surface area contributed by atoms with E-state index in [1.165, 1.54) is 0 Å². The Kier molecular flexibility index (Phi) is 5.98. The number of hydrogen-bond acceptors (Lipinski definition) is 4. The summed E-state index contributed by atoms with van der Waals surface area (Å²) in [5.74, 6) is 1.08. The molecule has 0 bridgehead atoms. The van der Waals surface area contributed by atoms with Crippen molar-refractivity contribution in [3.8, 4) is 22.8 Å². The van der Waals surface area contributed by atoms with Gasteiger partial charge in [-0.25, -0.2) is 0 Å². The first-order valence-electron chi connectivity index (χ1n) is 9.36. The van der Waals surface area contributed by atoms with Crippen molar-refractivity contribution in [3.63, 3.8) is 0 Å². The summed E-state index contributed by atoms with van der Waals surface area (Å²) in [7, 11) is 0. The van der Waals surface area contributed by atoms with Crippen LogP contribution in [0.15, 0.2) is 75.9 Å². The molecule has 1 aromatic heterocycles. The van der Waals surface area contributed by atoms with Gasteiger partial charge in [-0.1, -0.05) is 53.0 Å². The summed E-state index contributed by atoms with van der Waals surface area (Å²) in [5, 5.41) is 1.23. The Morgan fingerprint density at radius 1 is 0.900 bits per heavy atom. The molecule has 4 rings (SSSR count). The van der Waals surface area contributed by atoms with E-state index in [2.05, 4.69) is 0 Å². The van der Waals surface area contributed by atoms with Gasteiger partial charge in [0.25, 0.3) is 0 Å². The number of ether oxygens (including phenoxy) is 2. The molecule has 3 aromatic carbocycles. The second-order valence-corrected chi connectivity index (χ2v) is 7.56. The number of fused-ring (bicyclic) bond motifs is 1. The third-order valence-corrected chi connectivity index (χ3v) is 5.11. The maximum absolute atomic E-state index is 13.2. The minimum atomic E-state index is -0.316. The van der Waals surface area contributed by atoms with Gasteiger partial charge in [0.2, 0.25) is 11.2 Å². The van der Waals surface area contributed by atoms with Gasteiger partial charge in [0.05, 0.1) is 10.4 Å². The second kappa shape index (κ2) is 8.82. The molecule has 0 amide bonds. The van der Waals surface area contributed by atoms with Crippen molar-refractivity contribution in [1.82, 2.24) is 0 Å². The molecule has 0 saturated carbocycles. The van der Waals surface area contributed by atoms with Crippen molar-refractivity contribution in [2.75, 3.05) is 13.2 Å². The summed E-state index contributed by atoms with van der Waals surface area (Å²) < 4.78 is 17.5. The van der Waals surface area contributed by atoms with Gasteiger partial charge in [0.1, 0.15) is 24.5 Å². The Morgan fingerprint density at radius 2 is 1.63 bits per heavy atom. The molecule has 4 aromatic rings. The Balaban J connectivity index is 1.66. The van der Waals surface area contributed by atoms with E-state index >= 15 is 0 Å². The third kappa shape index (κ3) is 4.30. The molecular formula is C24H18Cl2O4. The van der Waals surface area contributed by atoms with Crippen LogP contribution in [0.25, 0.3) is 22.3 Å². The first-order chi connectivity index (χ1) is 14.5. The van der Waals surface area contributed by atoms with Crippen LogP contribution in [-0.2, 0) is 0 Å². The minimum Gasteiger partial charge on any atom is -0.490 e. The molecule has 1 heterocycles. The van der Waals surface area contributed by atoms with E-state index in [1.54, 1.807) is 36.4 Å². The smallest absolute Gasteiger partial charge is 0.235 e. The topological polar surface area (TPSA) is 48.7 Å². The summed E-state index contributed by atoms with van der Waals surface area (Å²) in [6.45, 7) is 2.43. The van der Waals surface area contributed by atoms with Gasteiger partial charge in [-0.15, -0.1) is 0 Å². The van der Waals surface area contributed by atoms with Crippen molar-refractivity contribution in [3.05, 3.63) is 92.6 Å². The van der Waals surface area contributed by atoms with Crippen LogP contribution in [0, 0.1) is 6.92 Å². The van der Waals surface area contributed by atoms with Crippen molar-refractivity contribution >= 4 is 34.2 Å². The molecule has 0 atom stereocenters. The molecule has 0 saturated heterocycles. The highest BCUT2D eigenvalue weighted by Gasteiger charge is 2.19. The normalized spacial score (nSPS) is 10.9. The average Bonchev–Trinajstić information content (AvgIpc) is 2.74. The summed E-state index contributed by atoms with van der Waals surface area (Å²) in [6, 6.07) is 19.7. The monoisotopic (exact) mass is 440 g/mol. The van der Waals surface area contributed by atoms with E-state index in [1.807, 2.05) is 37.3 Å². The summed E-state index contributed by atoms with van der Waals surface area (Å²) in [4.78, 5) is 13.2. The molecule has 0 aliphatic carbocycles. The number of hydrogen-bond donors (Lipinski definition) is 0. The molecule has 0 unspecified atom stereocenters. The van der Waals surface area contributed by atoms with Crippen LogP contribution in [0.5, 0.6) is 11.5 Å². The maximum atomic E-state index is 13.2. The average molecular weight is 441 g/mol. The number of aryl methyl sites for hydroxylation is 1. The first kappa shape index (κ1) is 20.3. The van der Waals surface area contributed by atoms with Gasteiger partial charge in [-0.3, -0.25) is 4.79 Å². The lowest BCUT2D eigenvalue weighted by molar-refractivity contribution is 0.214. The van der Waals surface area contributed by atoms with Gasteiger partial charge in [0.15, 0.2) is 5.76 Å². The number of benzene rings is 3. The fourth-order valence-electron chi connectivity index (χ4n) is 3.04. The molecule has 0 aliphatic rings. The van der Waals surface area contributed by atoms with Crippen LogP contribution in [0.3, 0.4) is 0 Å². The van der Waals surface area contributed by atoms with E-state index < -0.39 is 0 Å². The molecular weight excluding hydrogens is 423 g/mol. The molecule has 0 fully saturated rings. The van der Waals surface area contributed by atoms with E-state index in [0.717, 1.165) is 11.3 Å². The van der Waals surface area contributed by atoms with Gasteiger partial charge >= 0.3 is 0 Å². The Bertz CT molecular complexity index is 1250. The van der Waals surface area contributed by atoms with E-state index in [4.69, 9.17) is 37.1 Å². The number of rotatable bonds is 6.